The van der Waals surface area contributed by atoms with Gasteiger partial charge in [0, 0.05) is 13.0 Å². The van der Waals surface area contributed by atoms with E-state index >= 15 is 0 Å². The van der Waals surface area contributed by atoms with Crippen LogP contribution in [0.2, 0.25) is 0 Å². The number of carbonyl (C=O) groups is 1. The van der Waals surface area contributed by atoms with Gasteiger partial charge in [-0.15, -0.1) is 10.2 Å². The molecule has 1 aromatic heterocycles. The van der Waals surface area contributed by atoms with Crippen LogP contribution in [0, 0.1) is 5.82 Å². The van der Waals surface area contributed by atoms with Gasteiger partial charge in [0.25, 0.3) is 0 Å². The molecule has 2 heterocycles. The molecule has 110 valence electrons. The predicted molar refractivity (Wildman–Crippen MR) is 78.9 cm³/mol. The van der Waals surface area contributed by atoms with Gasteiger partial charge < -0.3 is 10.1 Å². The van der Waals surface area contributed by atoms with Crippen LogP contribution in [-0.4, -0.2) is 28.0 Å². The Morgan fingerprint density at radius 2 is 2.19 bits per heavy atom. The van der Waals surface area contributed by atoms with Crippen LogP contribution in [-0.2, 0) is 16.1 Å². The van der Waals surface area contributed by atoms with E-state index in [0.717, 1.165) is 9.90 Å². The molecule has 21 heavy (non-hydrogen) atoms. The molecule has 0 amide bonds. The van der Waals surface area contributed by atoms with Crippen LogP contribution in [0.5, 0.6) is 0 Å². The topological polar surface area (TPSA) is 64.1 Å². The van der Waals surface area contributed by atoms with Gasteiger partial charge in [-0.25, -0.2) is 4.39 Å². The van der Waals surface area contributed by atoms with Crippen molar-refractivity contribution >= 4 is 34.2 Å². The smallest absolute Gasteiger partial charge is 0.319 e. The summed E-state index contributed by atoms with van der Waals surface area (Å²) in [5, 5.41) is 11.7. The highest BCUT2D eigenvalue weighted by atomic mass is 32.2. The Kier molecular flexibility index (Phi) is 4.35. The SMILES string of the molecule is O=C1OCC[C@H]1Sc1nnc(NCc2ccc(F)cc2)s1. The molecule has 0 aliphatic carbocycles. The minimum Gasteiger partial charge on any atom is -0.465 e. The second kappa shape index (κ2) is 6.40. The van der Waals surface area contributed by atoms with Crippen LogP contribution in [0.25, 0.3) is 0 Å². The van der Waals surface area contributed by atoms with Crippen molar-refractivity contribution in [3.63, 3.8) is 0 Å². The maximum absolute atomic E-state index is 12.8. The number of cyclic esters (lactones) is 1. The van der Waals surface area contributed by atoms with Gasteiger partial charge in [-0.3, -0.25) is 4.79 Å². The summed E-state index contributed by atoms with van der Waals surface area (Å²) in [5.74, 6) is -0.437. The van der Waals surface area contributed by atoms with Crippen molar-refractivity contribution in [3.05, 3.63) is 35.6 Å². The largest absolute Gasteiger partial charge is 0.465 e. The fraction of sp³-hybridized carbons (Fsp3) is 0.308. The molecule has 0 saturated carbocycles. The van der Waals surface area contributed by atoms with Crippen molar-refractivity contribution in [1.82, 2.24) is 10.2 Å². The molecular weight excluding hydrogens is 313 g/mol. The van der Waals surface area contributed by atoms with Crippen molar-refractivity contribution in [1.29, 1.82) is 0 Å². The normalized spacial score (nSPS) is 17.8. The van der Waals surface area contributed by atoms with E-state index in [9.17, 15) is 9.18 Å². The van der Waals surface area contributed by atoms with Crippen molar-refractivity contribution in [2.24, 2.45) is 0 Å². The zero-order valence-electron chi connectivity index (χ0n) is 10.9. The summed E-state index contributed by atoms with van der Waals surface area (Å²) in [5.41, 5.74) is 0.958. The summed E-state index contributed by atoms with van der Waals surface area (Å²) in [6.07, 6.45) is 0.710. The lowest BCUT2D eigenvalue weighted by atomic mass is 10.2. The Bertz CT molecular complexity index is 633. The van der Waals surface area contributed by atoms with Gasteiger partial charge in [0.1, 0.15) is 11.1 Å². The van der Waals surface area contributed by atoms with E-state index in [0.29, 0.717) is 24.7 Å². The number of halogens is 1. The van der Waals surface area contributed by atoms with E-state index in [1.807, 2.05) is 0 Å². The number of ether oxygens (including phenoxy) is 1. The molecule has 1 aliphatic rings. The number of nitrogens with one attached hydrogen (secondary N) is 1. The molecule has 1 N–H and O–H groups in total. The molecule has 0 radical (unpaired) electrons. The lowest BCUT2D eigenvalue weighted by molar-refractivity contribution is -0.137. The minimum absolute atomic E-state index is 0.178. The molecule has 1 aromatic carbocycles. The fourth-order valence-electron chi connectivity index (χ4n) is 1.81. The molecule has 8 heteroatoms. The molecule has 1 fully saturated rings. The number of hydrogen-bond acceptors (Lipinski definition) is 7. The molecule has 1 saturated heterocycles. The third-order valence-electron chi connectivity index (χ3n) is 2.89. The first-order chi connectivity index (χ1) is 10.2. The molecule has 0 spiro atoms. The summed E-state index contributed by atoms with van der Waals surface area (Å²) >= 11 is 2.78. The number of aromatic nitrogens is 2. The maximum atomic E-state index is 12.8. The Hall–Kier alpha value is -1.67. The van der Waals surface area contributed by atoms with Gasteiger partial charge in [0.2, 0.25) is 5.13 Å². The van der Waals surface area contributed by atoms with Crippen molar-refractivity contribution in [2.75, 3.05) is 11.9 Å². The summed E-state index contributed by atoms with van der Waals surface area (Å²) in [7, 11) is 0. The zero-order chi connectivity index (χ0) is 14.7. The molecule has 0 unspecified atom stereocenters. The van der Waals surface area contributed by atoms with Gasteiger partial charge in [-0.2, -0.15) is 0 Å². The van der Waals surface area contributed by atoms with E-state index in [4.69, 9.17) is 4.74 Å². The Labute approximate surface area is 128 Å². The van der Waals surface area contributed by atoms with Crippen molar-refractivity contribution < 1.29 is 13.9 Å². The van der Waals surface area contributed by atoms with E-state index in [1.54, 1.807) is 12.1 Å². The summed E-state index contributed by atoms with van der Waals surface area (Å²) < 4.78 is 18.4. The average Bonchev–Trinajstić information content (AvgIpc) is 3.09. The number of esters is 1. The number of nitrogens with zero attached hydrogens (tertiary/aromatic N) is 2. The lowest BCUT2D eigenvalue weighted by Crippen LogP contribution is -2.08. The highest BCUT2D eigenvalue weighted by Crippen LogP contribution is 2.33. The number of anilines is 1. The van der Waals surface area contributed by atoms with Gasteiger partial charge >= 0.3 is 5.97 Å². The van der Waals surface area contributed by atoms with Crippen LogP contribution in [0.3, 0.4) is 0 Å². The second-order valence-corrected chi connectivity index (χ2v) is 6.84. The number of hydrogen-bond donors (Lipinski definition) is 1. The van der Waals surface area contributed by atoms with Crippen molar-refractivity contribution in [3.8, 4) is 0 Å². The quantitative estimate of drug-likeness (QED) is 0.853. The second-order valence-electron chi connectivity index (χ2n) is 4.42. The lowest BCUT2D eigenvalue weighted by Gasteiger charge is -2.02. The first-order valence-electron chi connectivity index (χ1n) is 6.36. The van der Waals surface area contributed by atoms with Crippen LogP contribution >= 0.6 is 23.1 Å². The third kappa shape index (κ3) is 3.70. The first-order valence-corrected chi connectivity index (χ1v) is 8.05. The summed E-state index contributed by atoms with van der Waals surface area (Å²) in [6.45, 7) is 1.02. The minimum atomic E-state index is -0.253. The zero-order valence-corrected chi connectivity index (χ0v) is 12.5. The van der Waals surface area contributed by atoms with Crippen LogP contribution in [0.1, 0.15) is 12.0 Å². The summed E-state index contributed by atoms with van der Waals surface area (Å²) in [4.78, 5) is 11.4. The van der Waals surface area contributed by atoms with E-state index in [1.165, 1.54) is 35.2 Å². The Morgan fingerprint density at radius 3 is 2.90 bits per heavy atom. The van der Waals surface area contributed by atoms with Crippen LogP contribution in [0.4, 0.5) is 9.52 Å². The molecule has 1 aliphatic heterocycles. The Morgan fingerprint density at radius 1 is 1.38 bits per heavy atom. The van der Waals surface area contributed by atoms with E-state index < -0.39 is 0 Å². The summed E-state index contributed by atoms with van der Waals surface area (Å²) in [6, 6.07) is 6.27. The molecule has 1 atom stereocenters. The Balaban J connectivity index is 1.55. The number of benzene rings is 1. The standard InChI is InChI=1S/C13H12FN3O2S2/c14-9-3-1-8(2-4-9)7-15-12-16-17-13(21-12)20-10-5-6-19-11(10)18/h1-4,10H,5-7H2,(H,15,16)/t10-/m1/s1. The van der Waals surface area contributed by atoms with Crippen LogP contribution in [0.15, 0.2) is 28.6 Å². The van der Waals surface area contributed by atoms with Gasteiger partial charge in [-0.05, 0) is 17.7 Å². The molecule has 5 nitrogen and oxygen atoms in total. The number of thioether (sulfide) groups is 1. The van der Waals surface area contributed by atoms with Crippen molar-refractivity contribution in [2.45, 2.75) is 22.6 Å². The highest BCUT2D eigenvalue weighted by Gasteiger charge is 2.28. The molecule has 3 rings (SSSR count). The average molecular weight is 325 g/mol. The number of rotatable bonds is 5. The monoisotopic (exact) mass is 325 g/mol. The van der Waals surface area contributed by atoms with Gasteiger partial charge in [0.05, 0.1) is 6.61 Å². The van der Waals surface area contributed by atoms with Gasteiger partial charge in [0.15, 0.2) is 4.34 Å². The highest BCUT2D eigenvalue weighted by molar-refractivity contribution is 8.02. The predicted octanol–water partition coefficient (Wildman–Crippen LogP) is 2.70. The van der Waals surface area contributed by atoms with E-state index in [-0.39, 0.29) is 17.0 Å². The fourth-order valence-corrected chi connectivity index (χ4v) is 3.78. The number of carbonyl (C=O) groups excluding carboxylic acids is 1. The van der Waals surface area contributed by atoms with Gasteiger partial charge in [-0.1, -0.05) is 35.2 Å². The maximum Gasteiger partial charge on any atom is 0.319 e. The molecular formula is C13H12FN3O2S2. The molecule has 0 bridgehead atoms. The third-order valence-corrected chi connectivity index (χ3v) is 5.10. The molecule has 2 aromatic rings. The first kappa shape index (κ1) is 14.3. The van der Waals surface area contributed by atoms with E-state index in [2.05, 4.69) is 15.5 Å². The van der Waals surface area contributed by atoms with Crippen LogP contribution < -0.4 is 5.32 Å².